The normalized spacial score (nSPS) is 18.1. The Labute approximate surface area is 140 Å². The molecule has 1 aliphatic rings. The maximum atomic E-state index is 12.6. The van der Waals surface area contributed by atoms with Crippen LogP contribution in [0.4, 0.5) is 0 Å². The van der Waals surface area contributed by atoms with Gasteiger partial charge in [-0.05, 0) is 52.9 Å². The van der Waals surface area contributed by atoms with Gasteiger partial charge in [0.15, 0.2) is 0 Å². The number of hydrogen-bond donors (Lipinski definition) is 2. The standard InChI is InChI=1S/C15H23BrN2O3S/c1-21-15-8-7-12(9-13(15)16)22(19,20)18-14(10-17)11-5-3-2-4-6-11/h7-9,11,14,18H,2-6,10,17H2,1H3. The average molecular weight is 391 g/mol. The summed E-state index contributed by atoms with van der Waals surface area (Å²) < 4.78 is 33.7. The van der Waals surface area contributed by atoms with E-state index in [0.29, 0.717) is 22.7 Å². The Hall–Kier alpha value is -0.630. The molecule has 2 rings (SSSR count). The minimum absolute atomic E-state index is 0.203. The molecule has 0 heterocycles. The van der Waals surface area contributed by atoms with E-state index in [4.69, 9.17) is 10.5 Å². The van der Waals surface area contributed by atoms with E-state index < -0.39 is 10.0 Å². The minimum Gasteiger partial charge on any atom is -0.496 e. The molecule has 0 radical (unpaired) electrons. The molecule has 0 aromatic heterocycles. The lowest BCUT2D eigenvalue weighted by Crippen LogP contribution is -2.45. The van der Waals surface area contributed by atoms with Gasteiger partial charge in [0.25, 0.3) is 0 Å². The van der Waals surface area contributed by atoms with E-state index in [1.54, 1.807) is 25.3 Å². The molecular weight excluding hydrogens is 368 g/mol. The zero-order valence-electron chi connectivity index (χ0n) is 12.7. The van der Waals surface area contributed by atoms with Crippen molar-refractivity contribution >= 4 is 26.0 Å². The van der Waals surface area contributed by atoms with Gasteiger partial charge in [0.2, 0.25) is 10.0 Å². The Morgan fingerprint density at radius 1 is 1.36 bits per heavy atom. The number of hydrogen-bond acceptors (Lipinski definition) is 4. The van der Waals surface area contributed by atoms with Crippen molar-refractivity contribution in [2.45, 2.75) is 43.0 Å². The Morgan fingerprint density at radius 2 is 2.05 bits per heavy atom. The van der Waals surface area contributed by atoms with Gasteiger partial charge in [0.1, 0.15) is 5.75 Å². The third-order valence-electron chi connectivity index (χ3n) is 4.21. The lowest BCUT2D eigenvalue weighted by Gasteiger charge is -2.29. The van der Waals surface area contributed by atoms with Crippen LogP contribution in [0.1, 0.15) is 32.1 Å². The van der Waals surface area contributed by atoms with E-state index in [1.807, 2.05) is 0 Å². The molecule has 124 valence electrons. The predicted octanol–water partition coefficient (Wildman–Crippen LogP) is 2.64. The van der Waals surface area contributed by atoms with Crippen molar-refractivity contribution < 1.29 is 13.2 Å². The number of nitrogens with one attached hydrogen (secondary N) is 1. The van der Waals surface area contributed by atoms with Crippen LogP contribution < -0.4 is 15.2 Å². The predicted molar refractivity (Wildman–Crippen MR) is 90.4 cm³/mol. The summed E-state index contributed by atoms with van der Waals surface area (Å²) in [5.74, 6) is 0.928. The van der Waals surface area contributed by atoms with Crippen LogP contribution in [0.5, 0.6) is 5.75 Å². The summed E-state index contributed by atoms with van der Waals surface area (Å²) in [4.78, 5) is 0.217. The Bertz CT molecular complexity index is 601. The summed E-state index contributed by atoms with van der Waals surface area (Å²) in [6.07, 6.45) is 5.60. The van der Waals surface area contributed by atoms with Crippen LogP contribution in [-0.2, 0) is 10.0 Å². The molecule has 1 saturated carbocycles. The summed E-state index contributed by atoms with van der Waals surface area (Å²) in [6, 6.07) is 4.53. The van der Waals surface area contributed by atoms with Gasteiger partial charge >= 0.3 is 0 Å². The van der Waals surface area contributed by atoms with E-state index in [1.165, 1.54) is 6.42 Å². The van der Waals surface area contributed by atoms with Crippen LogP contribution in [0.3, 0.4) is 0 Å². The van der Waals surface area contributed by atoms with Gasteiger partial charge in [-0.25, -0.2) is 13.1 Å². The summed E-state index contributed by atoms with van der Waals surface area (Å²) in [7, 11) is -2.04. The van der Waals surface area contributed by atoms with Crippen molar-refractivity contribution in [3.8, 4) is 5.75 Å². The molecule has 1 aromatic carbocycles. The summed E-state index contributed by atoms with van der Waals surface area (Å²) in [6.45, 7) is 0.321. The highest BCUT2D eigenvalue weighted by atomic mass is 79.9. The number of sulfonamides is 1. The van der Waals surface area contributed by atoms with Crippen LogP contribution >= 0.6 is 15.9 Å². The second kappa shape index (κ2) is 7.77. The topological polar surface area (TPSA) is 81.4 Å². The van der Waals surface area contributed by atoms with Crippen molar-refractivity contribution in [3.63, 3.8) is 0 Å². The van der Waals surface area contributed by atoms with Crippen LogP contribution in [0.2, 0.25) is 0 Å². The zero-order chi connectivity index (χ0) is 16.2. The summed E-state index contributed by atoms with van der Waals surface area (Å²) in [5, 5.41) is 0. The average Bonchev–Trinajstić information content (AvgIpc) is 2.53. The SMILES string of the molecule is COc1ccc(S(=O)(=O)NC(CN)C2CCCCC2)cc1Br. The lowest BCUT2D eigenvalue weighted by atomic mass is 9.84. The van der Waals surface area contributed by atoms with E-state index in [-0.39, 0.29) is 10.9 Å². The number of nitrogens with two attached hydrogens (primary N) is 1. The Kier molecular flexibility index (Phi) is 6.26. The second-order valence-electron chi connectivity index (χ2n) is 5.66. The van der Waals surface area contributed by atoms with Gasteiger partial charge in [-0.15, -0.1) is 0 Å². The molecule has 0 saturated heterocycles. The largest absolute Gasteiger partial charge is 0.496 e. The molecule has 7 heteroatoms. The quantitative estimate of drug-likeness (QED) is 0.781. The zero-order valence-corrected chi connectivity index (χ0v) is 15.1. The van der Waals surface area contributed by atoms with E-state index >= 15 is 0 Å². The number of benzene rings is 1. The number of rotatable bonds is 6. The molecule has 0 bridgehead atoms. The Balaban J connectivity index is 2.16. The van der Waals surface area contributed by atoms with Crippen molar-refractivity contribution in [1.29, 1.82) is 0 Å². The third kappa shape index (κ3) is 4.22. The van der Waals surface area contributed by atoms with Crippen molar-refractivity contribution in [2.24, 2.45) is 11.7 Å². The van der Waals surface area contributed by atoms with E-state index in [0.717, 1.165) is 25.7 Å². The molecule has 22 heavy (non-hydrogen) atoms. The number of ether oxygens (including phenoxy) is 1. The fourth-order valence-corrected chi connectivity index (χ4v) is 4.99. The van der Waals surface area contributed by atoms with Crippen molar-refractivity contribution in [1.82, 2.24) is 4.72 Å². The van der Waals surface area contributed by atoms with Crippen molar-refractivity contribution in [3.05, 3.63) is 22.7 Å². The monoisotopic (exact) mass is 390 g/mol. The highest BCUT2D eigenvalue weighted by Gasteiger charge is 2.27. The third-order valence-corrected chi connectivity index (χ3v) is 6.32. The van der Waals surface area contributed by atoms with E-state index in [2.05, 4.69) is 20.7 Å². The van der Waals surface area contributed by atoms with Crippen LogP contribution in [0.15, 0.2) is 27.6 Å². The van der Waals surface area contributed by atoms with Gasteiger partial charge in [-0.1, -0.05) is 19.3 Å². The molecule has 5 nitrogen and oxygen atoms in total. The van der Waals surface area contributed by atoms with Crippen molar-refractivity contribution in [2.75, 3.05) is 13.7 Å². The summed E-state index contributed by atoms with van der Waals surface area (Å²) in [5.41, 5.74) is 5.81. The summed E-state index contributed by atoms with van der Waals surface area (Å²) >= 11 is 3.32. The Morgan fingerprint density at radius 3 is 2.59 bits per heavy atom. The molecule has 1 aliphatic carbocycles. The van der Waals surface area contributed by atoms with Crippen LogP contribution in [-0.4, -0.2) is 28.1 Å². The first-order valence-electron chi connectivity index (χ1n) is 7.54. The first kappa shape index (κ1) is 17.7. The maximum Gasteiger partial charge on any atom is 0.240 e. The molecule has 0 spiro atoms. The molecule has 1 atom stereocenters. The first-order chi connectivity index (χ1) is 10.5. The smallest absolute Gasteiger partial charge is 0.240 e. The molecule has 1 aromatic rings. The maximum absolute atomic E-state index is 12.6. The first-order valence-corrected chi connectivity index (χ1v) is 9.81. The molecular formula is C15H23BrN2O3S. The number of halogens is 1. The van der Waals surface area contributed by atoms with Crippen LogP contribution in [0, 0.1) is 5.92 Å². The highest BCUT2D eigenvalue weighted by molar-refractivity contribution is 9.10. The number of methoxy groups -OCH3 is 1. The second-order valence-corrected chi connectivity index (χ2v) is 8.23. The van der Waals surface area contributed by atoms with Gasteiger partial charge in [0.05, 0.1) is 16.5 Å². The van der Waals surface area contributed by atoms with Crippen LogP contribution in [0.25, 0.3) is 0 Å². The molecule has 0 amide bonds. The van der Waals surface area contributed by atoms with Gasteiger partial charge in [-0.2, -0.15) is 0 Å². The van der Waals surface area contributed by atoms with Gasteiger partial charge in [-0.3, -0.25) is 0 Å². The minimum atomic E-state index is -3.58. The lowest BCUT2D eigenvalue weighted by molar-refractivity contribution is 0.294. The van der Waals surface area contributed by atoms with Gasteiger partial charge in [0, 0.05) is 12.6 Å². The van der Waals surface area contributed by atoms with Gasteiger partial charge < -0.3 is 10.5 Å². The molecule has 1 fully saturated rings. The van der Waals surface area contributed by atoms with E-state index in [9.17, 15) is 8.42 Å². The molecule has 0 aliphatic heterocycles. The molecule has 3 N–H and O–H groups in total. The highest BCUT2D eigenvalue weighted by Crippen LogP contribution is 2.29. The fraction of sp³-hybridized carbons (Fsp3) is 0.600. The molecule has 1 unspecified atom stereocenters. The fourth-order valence-electron chi connectivity index (χ4n) is 2.95.